The second kappa shape index (κ2) is 10.8. The number of aromatic nitrogens is 2. The van der Waals surface area contributed by atoms with E-state index in [0.29, 0.717) is 29.9 Å². The predicted octanol–water partition coefficient (Wildman–Crippen LogP) is 6.53. The summed E-state index contributed by atoms with van der Waals surface area (Å²) in [5, 5.41) is 4.68. The summed E-state index contributed by atoms with van der Waals surface area (Å²) in [5.74, 6) is 0.711. The third-order valence-corrected chi connectivity index (χ3v) is 8.49. The van der Waals surface area contributed by atoms with Crippen LogP contribution in [0.3, 0.4) is 0 Å². The smallest absolute Gasteiger partial charge is 0.256 e. The minimum absolute atomic E-state index is 0.0578. The summed E-state index contributed by atoms with van der Waals surface area (Å²) in [6.07, 6.45) is 19.0. The number of hydrogen-bond donors (Lipinski definition) is 0. The summed E-state index contributed by atoms with van der Waals surface area (Å²) >= 11 is 0. The van der Waals surface area contributed by atoms with Crippen LogP contribution in [0.5, 0.6) is 0 Å². The Kier molecular flexibility index (Phi) is 7.45. The van der Waals surface area contributed by atoms with E-state index in [1.165, 1.54) is 49.8 Å². The van der Waals surface area contributed by atoms with E-state index in [1.807, 2.05) is 17.3 Å². The Morgan fingerprint density at radius 2 is 2.00 bits per heavy atom. The topological polar surface area (TPSA) is 62.9 Å². The average Bonchev–Trinajstić information content (AvgIpc) is 3.17. The molecule has 0 spiro atoms. The molecule has 1 aliphatic heterocycles. The molecule has 2 heterocycles. The molecular formula is C31H41N5O. The normalized spacial score (nSPS) is 22.3. The molecule has 6 heteroatoms. The second-order valence-electron chi connectivity index (χ2n) is 11.8. The van der Waals surface area contributed by atoms with Crippen LogP contribution in [0.15, 0.2) is 64.2 Å². The number of hydrogen-bond acceptors (Lipinski definition) is 4. The lowest BCUT2D eigenvalue weighted by Gasteiger charge is -2.22. The van der Waals surface area contributed by atoms with E-state index in [-0.39, 0.29) is 5.91 Å². The molecule has 37 heavy (non-hydrogen) atoms. The van der Waals surface area contributed by atoms with Gasteiger partial charge in [0.1, 0.15) is 0 Å². The fourth-order valence-electron chi connectivity index (χ4n) is 5.93. The molecule has 0 bridgehead atoms. The van der Waals surface area contributed by atoms with Gasteiger partial charge in [-0.3, -0.25) is 19.5 Å². The molecule has 1 amide bonds. The average molecular weight is 500 g/mol. The van der Waals surface area contributed by atoms with Crippen molar-refractivity contribution >= 4 is 23.4 Å². The number of nitrogens with zero attached hydrogens (tertiary/aromatic N) is 5. The summed E-state index contributed by atoms with van der Waals surface area (Å²) in [7, 11) is 0. The summed E-state index contributed by atoms with van der Waals surface area (Å²) in [4.78, 5) is 24.6. The molecule has 4 aliphatic rings. The third-order valence-electron chi connectivity index (χ3n) is 8.49. The van der Waals surface area contributed by atoms with Gasteiger partial charge < -0.3 is 4.90 Å². The van der Waals surface area contributed by atoms with Crippen molar-refractivity contribution < 1.29 is 4.79 Å². The van der Waals surface area contributed by atoms with Gasteiger partial charge in [0.2, 0.25) is 0 Å². The SMILES string of the molecule is C=CC1=C(N=CCC(=NC2=C(C)CCC2)C(=C)c2cnn(CC3(C)CCCC3)c2)CN(CC2CC2)C1=O. The molecule has 5 rings (SSSR count). The highest BCUT2D eigenvalue weighted by Gasteiger charge is 2.33. The van der Waals surface area contributed by atoms with Gasteiger partial charge in [-0.2, -0.15) is 5.10 Å². The molecule has 196 valence electrons. The van der Waals surface area contributed by atoms with Gasteiger partial charge in [-0.25, -0.2) is 0 Å². The number of amides is 1. The molecule has 6 nitrogen and oxygen atoms in total. The van der Waals surface area contributed by atoms with Gasteiger partial charge in [0, 0.05) is 43.2 Å². The van der Waals surface area contributed by atoms with E-state index >= 15 is 0 Å². The van der Waals surface area contributed by atoms with Crippen LogP contribution in [0.4, 0.5) is 0 Å². The van der Waals surface area contributed by atoms with Gasteiger partial charge in [-0.15, -0.1) is 0 Å². The van der Waals surface area contributed by atoms with E-state index in [2.05, 4.69) is 43.0 Å². The van der Waals surface area contributed by atoms with Crippen LogP contribution in [0.1, 0.15) is 83.6 Å². The Labute approximate surface area is 221 Å². The number of carbonyl (C=O) groups excluding carboxylic acids is 1. The molecule has 2 saturated carbocycles. The van der Waals surface area contributed by atoms with Crippen molar-refractivity contribution in [3.63, 3.8) is 0 Å². The molecule has 0 radical (unpaired) electrons. The maximum absolute atomic E-state index is 12.8. The highest BCUT2D eigenvalue weighted by Crippen LogP contribution is 2.39. The minimum Gasteiger partial charge on any atom is -0.332 e. The van der Waals surface area contributed by atoms with Crippen molar-refractivity contribution in [3.8, 4) is 0 Å². The molecule has 3 aliphatic carbocycles. The van der Waals surface area contributed by atoms with Crippen molar-refractivity contribution in [1.82, 2.24) is 14.7 Å². The summed E-state index contributed by atoms with van der Waals surface area (Å²) < 4.78 is 2.08. The van der Waals surface area contributed by atoms with Crippen molar-refractivity contribution in [1.29, 1.82) is 0 Å². The zero-order valence-electron chi connectivity index (χ0n) is 22.6. The maximum atomic E-state index is 12.8. The Bertz CT molecular complexity index is 1200. The Morgan fingerprint density at radius 1 is 1.22 bits per heavy atom. The molecular weight excluding hydrogens is 458 g/mol. The molecule has 0 atom stereocenters. The van der Waals surface area contributed by atoms with Crippen molar-refractivity contribution in [2.75, 3.05) is 13.1 Å². The molecule has 0 saturated heterocycles. The number of rotatable bonds is 11. The minimum atomic E-state index is 0.0578. The zero-order valence-corrected chi connectivity index (χ0v) is 22.6. The second-order valence-corrected chi connectivity index (χ2v) is 11.8. The summed E-state index contributed by atoms with van der Waals surface area (Å²) in [6.45, 7) is 15.2. The first-order valence-corrected chi connectivity index (χ1v) is 14.0. The first-order valence-electron chi connectivity index (χ1n) is 14.0. The lowest BCUT2D eigenvalue weighted by Crippen LogP contribution is -2.29. The van der Waals surface area contributed by atoms with Crippen LogP contribution in [-0.2, 0) is 11.3 Å². The predicted molar refractivity (Wildman–Crippen MR) is 151 cm³/mol. The Morgan fingerprint density at radius 3 is 2.68 bits per heavy atom. The lowest BCUT2D eigenvalue weighted by atomic mass is 9.89. The van der Waals surface area contributed by atoms with Crippen molar-refractivity contribution in [2.45, 2.75) is 84.6 Å². The lowest BCUT2D eigenvalue weighted by molar-refractivity contribution is -0.125. The maximum Gasteiger partial charge on any atom is 0.256 e. The van der Waals surface area contributed by atoms with E-state index in [9.17, 15) is 4.79 Å². The molecule has 0 unspecified atom stereocenters. The summed E-state index contributed by atoms with van der Waals surface area (Å²) in [6, 6.07) is 0. The fourth-order valence-corrected chi connectivity index (χ4v) is 5.93. The molecule has 0 N–H and O–H groups in total. The van der Waals surface area contributed by atoms with Gasteiger partial charge in [0.15, 0.2) is 0 Å². The van der Waals surface area contributed by atoms with Gasteiger partial charge in [0.05, 0.1) is 29.7 Å². The van der Waals surface area contributed by atoms with E-state index in [1.54, 1.807) is 6.08 Å². The van der Waals surface area contributed by atoms with Crippen LogP contribution >= 0.6 is 0 Å². The fraction of sp³-hybridized carbons (Fsp3) is 0.548. The van der Waals surface area contributed by atoms with E-state index in [0.717, 1.165) is 54.9 Å². The van der Waals surface area contributed by atoms with Crippen LogP contribution in [0.2, 0.25) is 0 Å². The first-order chi connectivity index (χ1) is 17.8. The largest absolute Gasteiger partial charge is 0.332 e. The molecule has 0 aromatic carbocycles. The van der Waals surface area contributed by atoms with Crippen LogP contribution in [0.25, 0.3) is 5.57 Å². The zero-order chi connectivity index (χ0) is 26.0. The van der Waals surface area contributed by atoms with Gasteiger partial charge in [0.25, 0.3) is 5.91 Å². The highest BCUT2D eigenvalue weighted by molar-refractivity contribution is 6.26. The van der Waals surface area contributed by atoms with Gasteiger partial charge in [-0.05, 0) is 68.8 Å². The van der Waals surface area contributed by atoms with Crippen molar-refractivity contribution in [2.24, 2.45) is 21.3 Å². The number of carbonyl (C=O) groups is 1. The third kappa shape index (κ3) is 5.94. The Balaban J connectivity index is 1.33. The highest BCUT2D eigenvalue weighted by atomic mass is 16.2. The molecule has 2 fully saturated rings. The quantitative estimate of drug-likeness (QED) is 0.325. The van der Waals surface area contributed by atoms with E-state index in [4.69, 9.17) is 9.98 Å². The first kappa shape index (κ1) is 25.6. The molecule has 1 aromatic rings. The van der Waals surface area contributed by atoms with Crippen LogP contribution in [-0.4, -0.2) is 45.6 Å². The Hall–Kier alpha value is -3.02. The van der Waals surface area contributed by atoms with Crippen LogP contribution in [0, 0.1) is 11.3 Å². The number of allylic oxidation sites excluding steroid dienone is 3. The van der Waals surface area contributed by atoms with Crippen molar-refractivity contribution in [3.05, 3.63) is 59.7 Å². The van der Waals surface area contributed by atoms with Crippen LogP contribution < -0.4 is 0 Å². The summed E-state index contributed by atoms with van der Waals surface area (Å²) in [5.41, 5.74) is 7.15. The standard InChI is InChI=1S/C31H41N5O/c1-5-26-29(20-35(30(26)37)18-24-11-12-24)32-16-13-28(34-27-10-8-9-22(27)2)23(3)25-17-33-36(19-25)21-31(4)14-6-7-15-31/h5,16-17,19,24H,1,3,6-15,18,20-21H2,2,4H3. The van der Waals surface area contributed by atoms with Gasteiger partial charge in [-0.1, -0.05) is 44.6 Å². The van der Waals surface area contributed by atoms with Gasteiger partial charge >= 0.3 is 0 Å². The monoisotopic (exact) mass is 499 g/mol. The number of aliphatic imine (C=N–C) groups is 2. The molecule has 1 aromatic heterocycles. The van der Waals surface area contributed by atoms with E-state index < -0.39 is 0 Å².